The van der Waals surface area contributed by atoms with Gasteiger partial charge in [0.2, 0.25) is 0 Å². The van der Waals surface area contributed by atoms with Crippen molar-refractivity contribution in [3.63, 3.8) is 0 Å². The predicted molar refractivity (Wildman–Crippen MR) is 358 cm³/mol. The summed E-state index contributed by atoms with van der Waals surface area (Å²) in [6.07, 6.45) is 47.7. The molecular formula is C70H136O17P2. The van der Waals surface area contributed by atoms with Gasteiger partial charge in [0.1, 0.15) is 19.3 Å². The van der Waals surface area contributed by atoms with Gasteiger partial charge in [0, 0.05) is 25.7 Å². The first kappa shape index (κ1) is 87.1. The van der Waals surface area contributed by atoms with Crippen molar-refractivity contribution in [1.82, 2.24) is 0 Å². The lowest BCUT2D eigenvalue weighted by Gasteiger charge is -2.21. The third kappa shape index (κ3) is 64.6. The normalized spacial score (nSPS) is 14.1. The second-order valence-electron chi connectivity index (χ2n) is 26.2. The Balaban J connectivity index is 5.10. The van der Waals surface area contributed by atoms with E-state index in [1.165, 1.54) is 167 Å². The Hall–Kier alpha value is -1.94. The maximum atomic E-state index is 13.0. The molecule has 0 saturated heterocycles. The number of aliphatic hydroxyl groups excluding tert-OH is 1. The van der Waals surface area contributed by atoms with E-state index in [2.05, 4.69) is 41.5 Å². The molecule has 0 aromatic carbocycles. The van der Waals surface area contributed by atoms with Crippen LogP contribution in [0.2, 0.25) is 0 Å². The van der Waals surface area contributed by atoms with E-state index in [9.17, 15) is 43.2 Å². The lowest BCUT2D eigenvalue weighted by atomic mass is 10.0. The largest absolute Gasteiger partial charge is 0.472 e. The van der Waals surface area contributed by atoms with E-state index in [1.807, 2.05) is 0 Å². The zero-order chi connectivity index (χ0) is 65.7. The molecule has 0 aromatic heterocycles. The molecule has 0 aliphatic rings. The SMILES string of the molecule is CCCCCCCCCCCCCCC(=O)OC[C@H](COP(=O)(O)OC[C@@H](O)COP(=O)(O)OC[C@@H](COC(=O)CCCCCCC)OC(=O)CCCCCCCCCCC(C)C)OC(=O)CCCCCCCCCCCCCCCCCCCCC(C)C. The number of ether oxygens (including phenoxy) is 4. The molecule has 0 aliphatic carbocycles. The van der Waals surface area contributed by atoms with E-state index in [0.717, 1.165) is 108 Å². The highest BCUT2D eigenvalue weighted by Gasteiger charge is 2.30. The maximum absolute atomic E-state index is 13.0. The minimum atomic E-state index is -4.95. The average molecular weight is 1310 g/mol. The number of hydrogen-bond acceptors (Lipinski definition) is 15. The van der Waals surface area contributed by atoms with Gasteiger partial charge in [-0.25, -0.2) is 9.13 Å². The predicted octanol–water partition coefficient (Wildman–Crippen LogP) is 20.0. The molecule has 89 heavy (non-hydrogen) atoms. The van der Waals surface area contributed by atoms with Crippen LogP contribution in [0.4, 0.5) is 0 Å². The summed E-state index contributed by atoms with van der Waals surface area (Å²) in [6, 6.07) is 0. The molecule has 0 fully saturated rings. The van der Waals surface area contributed by atoms with Gasteiger partial charge < -0.3 is 33.8 Å². The second kappa shape index (κ2) is 62.2. The highest BCUT2D eigenvalue weighted by molar-refractivity contribution is 7.47. The third-order valence-electron chi connectivity index (χ3n) is 16.2. The Morgan fingerprint density at radius 3 is 0.764 bits per heavy atom. The fourth-order valence-electron chi connectivity index (χ4n) is 10.6. The Labute approximate surface area is 543 Å². The van der Waals surface area contributed by atoms with E-state index < -0.39 is 97.5 Å². The van der Waals surface area contributed by atoms with Crippen LogP contribution in [0.15, 0.2) is 0 Å². The summed E-state index contributed by atoms with van der Waals surface area (Å²) >= 11 is 0. The number of aliphatic hydroxyl groups is 1. The number of unbranched alkanes of at least 4 members (excludes halogenated alkanes) is 39. The fraction of sp³-hybridized carbons (Fsp3) is 0.943. The van der Waals surface area contributed by atoms with Gasteiger partial charge in [0.15, 0.2) is 12.2 Å². The summed E-state index contributed by atoms with van der Waals surface area (Å²) in [5, 5.41) is 10.5. The molecule has 528 valence electrons. The monoisotopic (exact) mass is 1310 g/mol. The van der Waals surface area contributed by atoms with Crippen molar-refractivity contribution in [2.45, 2.75) is 374 Å². The van der Waals surface area contributed by atoms with Gasteiger partial charge in [0.25, 0.3) is 0 Å². The van der Waals surface area contributed by atoms with Gasteiger partial charge in [-0.2, -0.15) is 0 Å². The Bertz CT molecular complexity index is 1730. The second-order valence-corrected chi connectivity index (χ2v) is 29.1. The average Bonchev–Trinajstić information content (AvgIpc) is 3.50. The summed E-state index contributed by atoms with van der Waals surface area (Å²) < 4.78 is 68.0. The van der Waals surface area contributed by atoms with Crippen molar-refractivity contribution in [1.29, 1.82) is 0 Å². The zero-order valence-corrected chi connectivity index (χ0v) is 59.5. The Kier molecular flexibility index (Phi) is 60.8. The van der Waals surface area contributed by atoms with Gasteiger partial charge >= 0.3 is 39.5 Å². The first-order valence-corrected chi connectivity index (χ1v) is 39.5. The van der Waals surface area contributed by atoms with Crippen molar-refractivity contribution >= 4 is 39.5 Å². The maximum Gasteiger partial charge on any atom is 0.472 e. The topological polar surface area (TPSA) is 237 Å². The summed E-state index contributed by atoms with van der Waals surface area (Å²) in [7, 11) is -9.89. The minimum Gasteiger partial charge on any atom is -0.462 e. The molecule has 0 saturated carbocycles. The molecule has 2 unspecified atom stereocenters. The summed E-state index contributed by atoms with van der Waals surface area (Å²) in [4.78, 5) is 72.2. The summed E-state index contributed by atoms with van der Waals surface area (Å²) in [6.45, 7) is 9.45. The van der Waals surface area contributed by atoms with Crippen LogP contribution in [0.5, 0.6) is 0 Å². The van der Waals surface area contributed by atoms with E-state index in [0.29, 0.717) is 25.7 Å². The van der Waals surface area contributed by atoms with Gasteiger partial charge in [-0.05, 0) is 37.5 Å². The van der Waals surface area contributed by atoms with Crippen LogP contribution in [0.25, 0.3) is 0 Å². The highest BCUT2D eigenvalue weighted by Crippen LogP contribution is 2.45. The van der Waals surface area contributed by atoms with Gasteiger partial charge in [-0.15, -0.1) is 0 Å². The van der Waals surface area contributed by atoms with Crippen molar-refractivity contribution in [3.05, 3.63) is 0 Å². The van der Waals surface area contributed by atoms with E-state index in [1.54, 1.807) is 0 Å². The van der Waals surface area contributed by atoms with Crippen LogP contribution in [0.3, 0.4) is 0 Å². The molecule has 0 amide bonds. The molecule has 19 heteroatoms. The molecule has 17 nitrogen and oxygen atoms in total. The Morgan fingerprint density at radius 1 is 0.303 bits per heavy atom. The number of phosphoric acid groups is 2. The molecular weight excluding hydrogens is 1170 g/mol. The molecule has 0 rings (SSSR count). The molecule has 0 aromatic rings. The number of esters is 4. The van der Waals surface area contributed by atoms with Crippen LogP contribution in [0, 0.1) is 11.8 Å². The van der Waals surface area contributed by atoms with Gasteiger partial charge in [0.05, 0.1) is 26.4 Å². The third-order valence-corrected chi connectivity index (χ3v) is 18.1. The van der Waals surface area contributed by atoms with Crippen LogP contribution in [-0.2, 0) is 65.4 Å². The first-order chi connectivity index (χ1) is 42.9. The molecule has 0 heterocycles. The number of carbonyl (C=O) groups excluding carboxylic acids is 4. The van der Waals surface area contributed by atoms with Gasteiger partial charge in [-0.1, -0.05) is 305 Å². The smallest absolute Gasteiger partial charge is 0.462 e. The van der Waals surface area contributed by atoms with Crippen molar-refractivity contribution < 1.29 is 80.2 Å². The van der Waals surface area contributed by atoms with Crippen molar-refractivity contribution in [2.24, 2.45) is 11.8 Å². The lowest BCUT2D eigenvalue weighted by molar-refractivity contribution is -0.161. The van der Waals surface area contributed by atoms with Crippen molar-refractivity contribution in [2.75, 3.05) is 39.6 Å². The minimum absolute atomic E-state index is 0.104. The molecule has 3 N–H and O–H groups in total. The zero-order valence-electron chi connectivity index (χ0n) is 57.7. The summed E-state index contributed by atoms with van der Waals surface area (Å²) in [5.74, 6) is -0.598. The molecule has 5 atom stereocenters. The van der Waals surface area contributed by atoms with Crippen molar-refractivity contribution in [3.8, 4) is 0 Å². The van der Waals surface area contributed by atoms with E-state index in [-0.39, 0.29) is 25.7 Å². The summed E-state index contributed by atoms with van der Waals surface area (Å²) in [5.41, 5.74) is 0. The van der Waals surface area contributed by atoms with Crippen LogP contribution in [0.1, 0.15) is 356 Å². The lowest BCUT2D eigenvalue weighted by Crippen LogP contribution is -2.30. The van der Waals surface area contributed by atoms with Crippen LogP contribution < -0.4 is 0 Å². The Morgan fingerprint density at radius 2 is 0.517 bits per heavy atom. The number of hydrogen-bond donors (Lipinski definition) is 3. The van der Waals surface area contributed by atoms with E-state index in [4.69, 9.17) is 37.0 Å². The molecule has 0 bridgehead atoms. The fourth-order valence-corrected chi connectivity index (χ4v) is 12.2. The standard InChI is InChI=1S/C70H136O17P2/c1-7-9-11-13-14-15-16-26-29-35-41-47-53-68(73)81-59-66(87-69(74)54-48-42-36-30-27-24-22-20-18-17-19-21-23-25-28-33-39-44-50-62(3)4)61-85-89(78,79)83-57-64(71)56-82-88(76,77)84-60-65(58-80-67(72)52-46-38-12-10-8-2)86-70(75)55-49-43-37-32-31-34-40-45-51-63(5)6/h62-66,71H,7-61H2,1-6H3,(H,76,77)(H,78,79)/t64-,65+,66+/m0/s1. The molecule has 0 aliphatic heterocycles. The highest BCUT2D eigenvalue weighted by atomic mass is 31.2. The van der Waals surface area contributed by atoms with Gasteiger partial charge in [-0.3, -0.25) is 37.3 Å². The van der Waals surface area contributed by atoms with E-state index >= 15 is 0 Å². The molecule has 0 spiro atoms. The number of carbonyl (C=O) groups is 4. The number of rotatable bonds is 69. The van der Waals surface area contributed by atoms with Crippen LogP contribution >= 0.6 is 15.6 Å². The van der Waals surface area contributed by atoms with Crippen LogP contribution in [-0.4, -0.2) is 96.7 Å². The first-order valence-electron chi connectivity index (χ1n) is 36.5. The molecule has 0 radical (unpaired) electrons. The number of phosphoric ester groups is 2. The quantitative estimate of drug-likeness (QED) is 0.0222.